The standard InChI is InChI=1S/C13H13N5OS2/c1-7-17-8(6-20-7)5-18(2)13(19)11-9(14)10-12(21-11)16-4-3-15-10/h3-4,6H,5,14H2,1-2H3. The van der Waals surface area contributed by atoms with Crippen molar-refractivity contribution in [2.45, 2.75) is 13.5 Å². The van der Waals surface area contributed by atoms with Gasteiger partial charge in [0, 0.05) is 24.8 Å². The van der Waals surface area contributed by atoms with E-state index in [1.165, 1.54) is 11.3 Å². The molecule has 0 aliphatic carbocycles. The molecule has 8 heteroatoms. The summed E-state index contributed by atoms with van der Waals surface area (Å²) in [5.74, 6) is -0.136. The fourth-order valence-electron chi connectivity index (χ4n) is 1.97. The molecule has 0 spiro atoms. The quantitative estimate of drug-likeness (QED) is 0.800. The molecule has 0 saturated heterocycles. The maximum Gasteiger partial charge on any atom is 0.266 e. The molecule has 3 rings (SSSR count). The Hall–Kier alpha value is -2.06. The molecule has 2 N–H and O–H groups in total. The van der Waals surface area contributed by atoms with E-state index in [9.17, 15) is 4.79 Å². The Balaban J connectivity index is 1.87. The van der Waals surface area contributed by atoms with Gasteiger partial charge in [0.1, 0.15) is 15.2 Å². The van der Waals surface area contributed by atoms with E-state index in [1.807, 2.05) is 12.3 Å². The molecule has 1 amide bonds. The largest absolute Gasteiger partial charge is 0.396 e. The number of aromatic nitrogens is 3. The lowest BCUT2D eigenvalue weighted by Crippen LogP contribution is -2.26. The third-order valence-corrected chi connectivity index (χ3v) is 4.88. The van der Waals surface area contributed by atoms with Crippen molar-refractivity contribution in [2.75, 3.05) is 12.8 Å². The van der Waals surface area contributed by atoms with E-state index < -0.39 is 0 Å². The summed E-state index contributed by atoms with van der Waals surface area (Å²) in [5, 5.41) is 2.94. The summed E-state index contributed by atoms with van der Waals surface area (Å²) in [7, 11) is 1.74. The SMILES string of the molecule is Cc1nc(CN(C)C(=O)c2sc3nccnc3c2N)cs1. The van der Waals surface area contributed by atoms with Crippen molar-refractivity contribution in [1.82, 2.24) is 19.9 Å². The minimum absolute atomic E-state index is 0.136. The summed E-state index contributed by atoms with van der Waals surface area (Å²) in [6, 6.07) is 0. The van der Waals surface area contributed by atoms with Crippen LogP contribution in [0.3, 0.4) is 0 Å². The number of carbonyl (C=O) groups is 1. The van der Waals surface area contributed by atoms with E-state index in [4.69, 9.17) is 5.73 Å². The zero-order valence-electron chi connectivity index (χ0n) is 11.5. The molecule has 108 valence electrons. The maximum atomic E-state index is 12.5. The van der Waals surface area contributed by atoms with Gasteiger partial charge in [-0.05, 0) is 6.92 Å². The first-order valence-corrected chi connectivity index (χ1v) is 7.91. The van der Waals surface area contributed by atoms with Crippen LogP contribution in [0.15, 0.2) is 17.8 Å². The summed E-state index contributed by atoms with van der Waals surface area (Å²) < 4.78 is 0. The van der Waals surface area contributed by atoms with E-state index >= 15 is 0 Å². The van der Waals surface area contributed by atoms with Gasteiger partial charge in [-0.25, -0.2) is 15.0 Å². The molecule has 0 fully saturated rings. The van der Waals surface area contributed by atoms with Crippen molar-refractivity contribution in [3.63, 3.8) is 0 Å². The number of aryl methyl sites for hydroxylation is 1. The minimum atomic E-state index is -0.136. The number of carbonyl (C=O) groups excluding carboxylic acids is 1. The first kappa shape index (κ1) is 13.9. The van der Waals surface area contributed by atoms with E-state index in [0.717, 1.165) is 10.7 Å². The number of thiophene rings is 1. The summed E-state index contributed by atoms with van der Waals surface area (Å²) in [5.41, 5.74) is 7.89. The highest BCUT2D eigenvalue weighted by Gasteiger charge is 2.21. The zero-order chi connectivity index (χ0) is 15.0. The first-order valence-electron chi connectivity index (χ1n) is 6.21. The Morgan fingerprint density at radius 3 is 2.81 bits per heavy atom. The molecule has 3 aromatic heterocycles. The predicted octanol–water partition coefficient (Wildman–Crippen LogP) is 2.31. The third-order valence-electron chi connectivity index (χ3n) is 2.97. The van der Waals surface area contributed by atoms with Crippen LogP contribution in [0.25, 0.3) is 10.3 Å². The average molecular weight is 319 g/mol. The van der Waals surface area contributed by atoms with Gasteiger partial charge in [-0.1, -0.05) is 0 Å². The van der Waals surface area contributed by atoms with Crippen molar-refractivity contribution in [3.05, 3.63) is 33.4 Å². The third kappa shape index (κ3) is 2.59. The molecular weight excluding hydrogens is 306 g/mol. The number of amides is 1. The van der Waals surface area contributed by atoms with Crippen LogP contribution in [0.4, 0.5) is 5.69 Å². The lowest BCUT2D eigenvalue weighted by atomic mass is 10.3. The number of rotatable bonds is 3. The Bertz CT molecular complexity index is 810. The second-order valence-corrected chi connectivity index (χ2v) is 6.64. The molecule has 0 aliphatic heterocycles. The van der Waals surface area contributed by atoms with Crippen LogP contribution in [-0.4, -0.2) is 32.8 Å². The lowest BCUT2D eigenvalue weighted by Gasteiger charge is -2.15. The molecule has 6 nitrogen and oxygen atoms in total. The van der Waals surface area contributed by atoms with Gasteiger partial charge in [0.05, 0.1) is 22.9 Å². The Morgan fingerprint density at radius 1 is 1.38 bits per heavy atom. The van der Waals surface area contributed by atoms with Crippen LogP contribution >= 0.6 is 22.7 Å². The number of nitrogens with two attached hydrogens (primary N) is 1. The zero-order valence-corrected chi connectivity index (χ0v) is 13.2. The van der Waals surface area contributed by atoms with Crippen LogP contribution in [-0.2, 0) is 6.54 Å². The summed E-state index contributed by atoms with van der Waals surface area (Å²) in [6.07, 6.45) is 3.16. The molecule has 3 aromatic rings. The highest BCUT2D eigenvalue weighted by molar-refractivity contribution is 7.21. The van der Waals surface area contributed by atoms with E-state index in [1.54, 1.807) is 35.7 Å². The molecule has 0 bridgehead atoms. The van der Waals surface area contributed by atoms with E-state index in [0.29, 0.717) is 27.5 Å². The smallest absolute Gasteiger partial charge is 0.266 e. The highest BCUT2D eigenvalue weighted by Crippen LogP contribution is 2.31. The van der Waals surface area contributed by atoms with Crippen molar-refractivity contribution in [1.29, 1.82) is 0 Å². The molecule has 0 unspecified atom stereocenters. The van der Waals surface area contributed by atoms with Gasteiger partial charge in [0.15, 0.2) is 0 Å². The van der Waals surface area contributed by atoms with Gasteiger partial charge in [-0.15, -0.1) is 22.7 Å². The summed E-state index contributed by atoms with van der Waals surface area (Å²) in [4.78, 5) is 28.0. The topological polar surface area (TPSA) is 85.0 Å². The fourth-order valence-corrected chi connectivity index (χ4v) is 3.59. The van der Waals surface area contributed by atoms with Crippen molar-refractivity contribution < 1.29 is 4.79 Å². The van der Waals surface area contributed by atoms with Crippen LogP contribution in [0.1, 0.15) is 20.4 Å². The normalized spacial score (nSPS) is 11.0. The number of hydrogen-bond acceptors (Lipinski definition) is 7. The fraction of sp³-hybridized carbons (Fsp3) is 0.231. The van der Waals surface area contributed by atoms with Crippen LogP contribution < -0.4 is 5.73 Å². The van der Waals surface area contributed by atoms with Crippen molar-refractivity contribution in [3.8, 4) is 0 Å². The Labute approximate surface area is 129 Å². The molecule has 0 saturated carbocycles. The molecule has 0 aliphatic rings. The number of anilines is 1. The van der Waals surface area contributed by atoms with Crippen LogP contribution in [0.5, 0.6) is 0 Å². The molecule has 0 atom stereocenters. The number of hydrogen-bond donors (Lipinski definition) is 1. The number of fused-ring (bicyclic) bond motifs is 1. The number of thiazole rings is 1. The van der Waals surface area contributed by atoms with Gasteiger partial charge in [-0.3, -0.25) is 4.79 Å². The second kappa shape index (κ2) is 5.38. The van der Waals surface area contributed by atoms with Crippen molar-refractivity contribution in [2.24, 2.45) is 0 Å². The monoisotopic (exact) mass is 319 g/mol. The van der Waals surface area contributed by atoms with Gasteiger partial charge >= 0.3 is 0 Å². The molecule has 0 radical (unpaired) electrons. The predicted molar refractivity (Wildman–Crippen MR) is 84.5 cm³/mol. The van der Waals surface area contributed by atoms with Crippen LogP contribution in [0.2, 0.25) is 0 Å². The minimum Gasteiger partial charge on any atom is -0.396 e. The summed E-state index contributed by atoms with van der Waals surface area (Å²) in [6.45, 7) is 2.40. The van der Waals surface area contributed by atoms with E-state index in [2.05, 4.69) is 15.0 Å². The van der Waals surface area contributed by atoms with Gasteiger partial charge in [0.2, 0.25) is 0 Å². The van der Waals surface area contributed by atoms with Gasteiger partial charge in [-0.2, -0.15) is 0 Å². The second-order valence-electron chi connectivity index (χ2n) is 4.57. The molecule has 0 aromatic carbocycles. The number of nitrogen functional groups attached to an aromatic ring is 1. The van der Waals surface area contributed by atoms with Crippen LogP contribution in [0, 0.1) is 6.92 Å². The Morgan fingerprint density at radius 2 is 2.14 bits per heavy atom. The maximum absolute atomic E-state index is 12.5. The number of nitrogens with zero attached hydrogens (tertiary/aromatic N) is 4. The molecule has 3 heterocycles. The summed E-state index contributed by atoms with van der Waals surface area (Å²) >= 11 is 2.84. The van der Waals surface area contributed by atoms with E-state index in [-0.39, 0.29) is 5.91 Å². The van der Waals surface area contributed by atoms with Crippen molar-refractivity contribution >= 4 is 44.6 Å². The Kier molecular flexibility index (Phi) is 3.56. The van der Waals surface area contributed by atoms with Gasteiger partial charge in [0.25, 0.3) is 5.91 Å². The lowest BCUT2D eigenvalue weighted by molar-refractivity contribution is 0.0789. The molecule has 21 heavy (non-hydrogen) atoms. The molecular formula is C13H13N5OS2. The van der Waals surface area contributed by atoms with Gasteiger partial charge < -0.3 is 10.6 Å². The average Bonchev–Trinajstić information content (AvgIpc) is 3.03. The first-order chi connectivity index (χ1) is 10.1. The highest BCUT2D eigenvalue weighted by atomic mass is 32.1.